The summed E-state index contributed by atoms with van der Waals surface area (Å²) in [7, 11) is -1.94. The molecule has 0 aliphatic heterocycles. The Morgan fingerprint density at radius 1 is 0.553 bits per heavy atom. The van der Waals surface area contributed by atoms with Gasteiger partial charge in [0.15, 0.2) is 0 Å². The Bertz CT molecular complexity index is 1120. The van der Waals surface area contributed by atoms with Gasteiger partial charge in [-0.2, -0.15) is 0 Å². The first-order chi connectivity index (χ1) is 17.5. The van der Waals surface area contributed by atoms with Crippen molar-refractivity contribution < 1.29 is 14.7 Å². The van der Waals surface area contributed by atoms with Gasteiger partial charge in [-0.25, -0.2) is 0 Å². The highest BCUT2D eigenvalue weighted by Crippen LogP contribution is 2.48. The van der Waals surface area contributed by atoms with Crippen LogP contribution < -0.4 is 0 Å². The predicted molar refractivity (Wildman–Crippen MR) is 161 cm³/mol. The zero-order valence-corrected chi connectivity index (χ0v) is 25.1. The first-order valence-corrected chi connectivity index (χ1v) is 13.9. The smallest absolute Gasteiger partial charge is 0.402 e. The molecule has 0 aromatic heterocycles. The third-order valence-electron chi connectivity index (χ3n) is 7.73. The molecule has 0 amide bonds. The molecule has 3 aromatic rings. The Kier molecular flexibility index (Phi) is 8.73. The largest absolute Gasteiger partial charge is 0.634 e. The van der Waals surface area contributed by atoms with E-state index in [1.54, 1.807) is 0 Å². The molecular weight excluding hydrogens is 467 g/mol. The van der Waals surface area contributed by atoms with Gasteiger partial charge in [-0.1, -0.05) is 142 Å². The van der Waals surface area contributed by atoms with Crippen molar-refractivity contribution in [3.05, 3.63) is 106 Å². The van der Waals surface area contributed by atoms with E-state index in [4.69, 9.17) is 4.65 Å². The average Bonchev–Trinajstić information content (AvgIpc) is 2.82. The van der Waals surface area contributed by atoms with E-state index >= 15 is 0 Å². The van der Waals surface area contributed by atoms with Crippen molar-refractivity contribution >= 4 is 7.32 Å². The third-order valence-corrected chi connectivity index (χ3v) is 7.73. The molecule has 38 heavy (non-hydrogen) atoms. The molecule has 0 aliphatic carbocycles. The van der Waals surface area contributed by atoms with Crippen molar-refractivity contribution in [1.29, 1.82) is 0 Å². The van der Waals surface area contributed by atoms with Gasteiger partial charge >= 0.3 is 7.32 Å². The van der Waals surface area contributed by atoms with E-state index in [0.29, 0.717) is 0 Å². The lowest BCUT2D eigenvalue weighted by Gasteiger charge is -2.43. The lowest BCUT2D eigenvalue weighted by atomic mass is 9.69. The summed E-state index contributed by atoms with van der Waals surface area (Å²) in [6.45, 7) is 21.9. The summed E-state index contributed by atoms with van der Waals surface area (Å²) in [5.74, 6) is -0.167. The normalized spacial score (nSPS) is 13.9. The molecule has 0 saturated heterocycles. The summed E-state index contributed by atoms with van der Waals surface area (Å²) in [4.78, 5) is 0. The summed E-state index contributed by atoms with van der Waals surface area (Å²) in [6.07, 6.45) is 0.740. The van der Waals surface area contributed by atoms with Crippen LogP contribution >= 0.6 is 0 Å². The highest BCUT2D eigenvalue weighted by atomic mass is 16.6. The van der Waals surface area contributed by atoms with E-state index in [2.05, 4.69) is 142 Å². The van der Waals surface area contributed by atoms with Gasteiger partial charge in [0.05, 0.1) is 0 Å². The maximum absolute atomic E-state index is 10.4. The zero-order valence-electron chi connectivity index (χ0n) is 25.1. The quantitative estimate of drug-likeness (QED) is 0.314. The van der Waals surface area contributed by atoms with Gasteiger partial charge < -0.3 is 14.7 Å². The van der Waals surface area contributed by atoms with Crippen LogP contribution in [0.4, 0.5) is 0 Å². The Morgan fingerprint density at radius 3 is 1.11 bits per heavy atom. The second kappa shape index (κ2) is 11.0. The van der Waals surface area contributed by atoms with Crippen molar-refractivity contribution in [1.82, 2.24) is 0 Å². The summed E-state index contributed by atoms with van der Waals surface area (Å²) < 4.78 is 6.28. The SMILES string of the molecule is CCC(c1ccc(C(C)(C)C)cc1)C(OB(O)O)(c1ccc(C(C)(C)C)cc1)c1ccc(C(C)(C)C)cc1. The molecular formula is C34H47BO3. The second-order valence-electron chi connectivity index (χ2n) is 13.7. The molecule has 0 bridgehead atoms. The van der Waals surface area contributed by atoms with Crippen LogP contribution in [0.25, 0.3) is 0 Å². The highest BCUT2D eigenvalue weighted by Gasteiger charge is 2.46. The van der Waals surface area contributed by atoms with E-state index in [0.717, 1.165) is 23.1 Å². The zero-order chi connectivity index (χ0) is 28.5. The van der Waals surface area contributed by atoms with Crippen LogP contribution in [0, 0.1) is 0 Å². The number of benzene rings is 3. The van der Waals surface area contributed by atoms with Crippen molar-refractivity contribution in [3.63, 3.8) is 0 Å². The van der Waals surface area contributed by atoms with Gasteiger partial charge in [-0.3, -0.25) is 0 Å². The average molecular weight is 515 g/mol. The minimum Gasteiger partial charge on any atom is -0.402 e. The summed E-state index contributed by atoms with van der Waals surface area (Å²) in [6, 6.07) is 25.6. The molecule has 0 radical (unpaired) electrons. The Balaban J connectivity index is 2.31. The van der Waals surface area contributed by atoms with Crippen molar-refractivity contribution in [3.8, 4) is 0 Å². The fourth-order valence-electron chi connectivity index (χ4n) is 5.36. The fraction of sp³-hybridized carbons (Fsp3) is 0.471. The van der Waals surface area contributed by atoms with E-state index in [1.165, 1.54) is 16.7 Å². The molecule has 4 heteroatoms. The molecule has 0 aliphatic rings. The van der Waals surface area contributed by atoms with Gasteiger partial charge in [0.2, 0.25) is 0 Å². The van der Waals surface area contributed by atoms with E-state index in [9.17, 15) is 10.0 Å². The topological polar surface area (TPSA) is 49.7 Å². The molecule has 2 N–H and O–H groups in total. The van der Waals surface area contributed by atoms with Crippen LogP contribution in [0.5, 0.6) is 0 Å². The van der Waals surface area contributed by atoms with Crippen LogP contribution in [0.1, 0.15) is 115 Å². The highest BCUT2D eigenvalue weighted by molar-refractivity contribution is 6.32. The van der Waals surface area contributed by atoms with E-state index < -0.39 is 12.9 Å². The fourth-order valence-corrected chi connectivity index (χ4v) is 5.36. The number of hydrogen-bond donors (Lipinski definition) is 2. The molecule has 3 nitrogen and oxygen atoms in total. The van der Waals surface area contributed by atoms with Crippen molar-refractivity contribution in [2.75, 3.05) is 0 Å². The van der Waals surface area contributed by atoms with Crippen LogP contribution in [-0.4, -0.2) is 17.4 Å². The molecule has 0 saturated carbocycles. The van der Waals surface area contributed by atoms with Crippen molar-refractivity contribution in [2.24, 2.45) is 0 Å². The monoisotopic (exact) mass is 514 g/mol. The van der Waals surface area contributed by atoms with Crippen LogP contribution in [-0.2, 0) is 26.5 Å². The second-order valence-corrected chi connectivity index (χ2v) is 13.7. The van der Waals surface area contributed by atoms with Crippen LogP contribution in [0.2, 0.25) is 0 Å². The molecule has 204 valence electrons. The third kappa shape index (κ3) is 6.42. The predicted octanol–water partition coefficient (Wildman–Crippen LogP) is 8.00. The van der Waals surface area contributed by atoms with Gasteiger partial charge in [0.1, 0.15) is 5.60 Å². The van der Waals surface area contributed by atoms with Crippen LogP contribution in [0.15, 0.2) is 72.8 Å². The van der Waals surface area contributed by atoms with Gasteiger partial charge in [-0.05, 0) is 56.0 Å². The lowest BCUT2D eigenvalue weighted by molar-refractivity contribution is 0.0241. The molecule has 3 rings (SSSR count). The van der Waals surface area contributed by atoms with Crippen molar-refractivity contribution in [2.45, 2.75) is 103 Å². The van der Waals surface area contributed by atoms with Gasteiger partial charge in [-0.15, -0.1) is 0 Å². The number of hydrogen-bond acceptors (Lipinski definition) is 3. The molecule has 3 aromatic carbocycles. The van der Waals surface area contributed by atoms with Gasteiger partial charge in [0, 0.05) is 5.92 Å². The Morgan fingerprint density at radius 2 is 0.842 bits per heavy atom. The van der Waals surface area contributed by atoms with E-state index in [1.807, 2.05) is 0 Å². The lowest BCUT2D eigenvalue weighted by Crippen LogP contribution is -2.43. The summed E-state index contributed by atoms with van der Waals surface area (Å²) in [5.41, 5.74) is 5.51. The minimum absolute atomic E-state index is 0.000158. The Hall–Kier alpha value is -2.40. The standard InChI is InChI=1S/C34H47BO3/c1-11-30(24-12-14-25(15-13-24)31(2,3)4)34(38-35(36)37,28-20-16-26(17-21-28)32(5,6)7)29-22-18-27(19-23-29)33(8,9)10/h12-23,30,36-37H,11H2,1-10H3. The summed E-state index contributed by atoms with van der Waals surface area (Å²) >= 11 is 0. The first kappa shape index (κ1) is 30.2. The first-order valence-electron chi connectivity index (χ1n) is 13.9. The molecule has 1 unspecified atom stereocenters. The summed E-state index contributed by atoms with van der Waals surface area (Å²) in [5, 5.41) is 20.7. The number of rotatable bonds is 7. The van der Waals surface area contributed by atoms with Gasteiger partial charge in [0.25, 0.3) is 0 Å². The maximum atomic E-state index is 10.4. The molecule has 0 heterocycles. The molecule has 0 spiro atoms. The molecule has 1 atom stereocenters. The van der Waals surface area contributed by atoms with Crippen LogP contribution in [0.3, 0.4) is 0 Å². The minimum atomic E-state index is -1.94. The maximum Gasteiger partial charge on any atom is 0.634 e. The Labute approximate surface area is 231 Å². The molecule has 0 fully saturated rings. The van der Waals surface area contributed by atoms with E-state index in [-0.39, 0.29) is 22.2 Å².